The van der Waals surface area contributed by atoms with E-state index in [-0.39, 0.29) is 11.6 Å². The van der Waals surface area contributed by atoms with Crippen molar-refractivity contribution < 1.29 is 20.1 Å². The van der Waals surface area contributed by atoms with Gasteiger partial charge in [0.05, 0.1) is 17.4 Å². The van der Waals surface area contributed by atoms with Gasteiger partial charge < -0.3 is 31.5 Å². The van der Waals surface area contributed by atoms with Crippen LogP contribution in [0, 0.1) is 0 Å². The van der Waals surface area contributed by atoms with Crippen LogP contribution < -0.4 is 11.5 Å². The standard InChI is InChI=1S/C12H15N7O4/c13-8-4-5-9(14)17-18-11(5)19(10(4)16-2-15-8)12-7(22)6(21)3(1-20)23-12/h2-3,6-7,12,20-22H,1H2,(H2,13,15,16)(H3,14,17,18)/t3-,6-,7-,12-/m1/s1. The number of hydrogen-bond donors (Lipinski definition) is 6. The molecule has 0 spiro atoms. The Hall–Kier alpha value is -2.47. The number of ether oxygens (including phenoxy) is 1. The molecule has 11 heteroatoms. The van der Waals surface area contributed by atoms with Crippen LogP contribution >= 0.6 is 0 Å². The largest absolute Gasteiger partial charge is 0.394 e. The third-order valence-corrected chi connectivity index (χ3v) is 4.11. The summed E-state index contributed by atoms with van der Waals surface area (Å²) < 4.78 is 7.05. The van der Waals surface area contributed by atoms with Gasteiger partial charge in [-0.05, 0) is 0 Å². The second-order valence-corrected chi connectivity index (χ2v) is 5.39. The van der Waals surface area contributed by atoms with E-state index in [0.29, 0.717) is 22.1 Å². The lowest BCUT2D eigenvalue weighted by atomic mass is 10.1. The number of nitrogens with two attached hydrogens (primary N) is 2. The molecule has 0 amide bonds. The van der Waals surface area contributed by atoms with Gasteiger partial charge in [-0.3, -0.25) is 9.67 Å². The van der Waals surface area contributed by atoms with Crippen molar-refractivity contribution in [2.24, 2.45) is 0 Å². The minimum Gasteiger partial charge on any atom is -0.394 e. The minimum atomic E-state index is -1.28. The Morgan fingerprint density at radius 3 is 2.65 bits per heavy atom. The number of aromatic amines is 1. The van der Waals surface area contributed by atoms with Crippen LogP contribution in [0.4, 0.5) is 11.6 Å². The van der Waals surface area contributed by atoms with E-state index in [4.69, 9.17) is 16.2 Å². The molecule has 0 radical (unpaired) electrons. The van der Waals surface area contributed by atoms with Crippen LogP contribution in [0.15, 0.2) is 6.33 Å². The Bertz CT molecular complexity index is 890. The van der Waals surface area contributed by atoms with E-state index >= 15 is 0 Å². The average molecular weight is 321 g/mol. The van der Waals surface area contributed by atoms with E-state index in [1.807, 2.05) is 0 Å². The lowest BCUT2D eigenvalue weighted by Gasteiger charge is -2.17. The van der Waals surface area contributed by atoms with E-state index in [9.17, 15) is 15.3 Å². The van der Waals surface area contributed by atoms with Gasteiger partial charge >= 0.3 is 0 Å². The van der Waals surface area contributed by atoms with Crippen molar-refractivity contribution in [2.45, 2.75) is 24.5 Å². The van der Waals surface area contributed by atoms with Crippen molar-refractivity contribution in [2.75, 3.05) is 18.1 Å². The Kier molecular flexibility index (Phi) is 2.93. The average Bonchev–Trinajstić information content (AvgIpc) is 3.15. The van der Waals surface area contributed by atoms with E-state index in [1.54, 1.807) is 0 Å². The Morgan fingerprint density at radius 2 is 1.96 bits per heavy atom. The normalized spacial score (nSPS) is 28.1. The highest BCUT2D eigenvalue weighted by molar-refractivity contribution is 6.14. The molecule has 1 aliphatic rings. The number of nitrogen functional groups attached to an aromatic ring is 2. The van der Waals surface area contributed by atoms with Crippen LogP contribution in [-0.2, 0) is 4.74 Å². The summed E-state index contributed by atoms with van der Waals surface area (Å²) in [6.45, 7) is -0.434. The van der Waals surface area contributed by atoms with Crippen molar-refractivity contribution in [3.63, 3.8) is 0 Å². The number of fused-ring (bicyclic) bond motifs is 3. The number of aromatic nitrogens is 5. The molecule has 23 heavy (non-hydrogen) atoms. The first-order valence-electron chi connectivity index (χ1n) is 6.91. The van der Waals surface area contributed by atoms with Crippen LogP contribution in [0.25, 0.3) is 22.1 Å². The molecule has 0 unspecified atom stereocenters. The highest BCUT2D eigenvalue weighted by Gasteiger charge is 2.45. The first-order chi connectivity index (χ1) is 11.0. The molecular weight excluding hydrogens is 306 g/mol. The van der Waals surface area contributed by atoms with E-state index in [0.717, 1.165) is 0 Å². The van der Waals surface area contributed by atoms with E-state index in [2.05, 4.69) is 20.2 Å². The topological polar surface area (TPSA) is 181 Å². The highest BCUT2D eigenvalue weighted by Crippen LogP contribution is 2.39. The number of rotatable bonds is 2. The van der Waals surface area contributed by atoms with E-state index in [1.165, 1.54) is 10.9 Å². The lowest BCUT2D eigenvalue weighted by Crippen LogP contribution is -2.33. The molecule has 0 bridgehead atoms. The molecule has 1 saturated heterocycles. The number of nitrogens with one attached hydrogen (secondary N) is 1. The molecular formula is C12H15N7O4. The van der Waals surface area contributed by atoms with Crippen molar-refractivity contribution in [1.82, 2.24) is 24.7 Å². The van der Waals surface area contributed by atoms with Gasteiger partial charge in [0.2, 0.25) is 0 Å². The van der Waals surface area contributed by atoms with Crippen LogP contribution in [0.5, 0.6) is 0 Å². The number of hydrogen-bond acceptors (Lipinski definition) is 9. The van der Waals surface area contributed by atoms with Gasteiger partial charge in [-0.15, -0.1) is 0 Å². The molecule has 11 nitrogen and oxygen atoms in total. The maximum atomic E-state index is 10.3. The van der Waals surface area contributed by atoms with Gasteiger partial charge in [0.1, 0.15) is 41.9 Å². The fraction of sp³-hybridized carbons (Fsp3) is 0.417. The molecule has 4 rings (SSSR count). The zero-order valence-electron chi connectivity index (χ0n) is 11.8. The summed E-state index contributed by atoms with van der Waals surface area (Å²) in [5.41, 5.74) is 12.6. The molecule has 0 aliphatic carbocycles. The monoisotopic (exact) mass is 321 g/mol. The van der Waals surface area contributed by atoms with Gasteiger partial charge in [0.25, 0.3) is 0 Å². The van der Waals surface area contributed by atoms with Gasteiger partial charge in [-0.25, -0.2) is 9.97 Å². The molecule has 122 valence electrons. The molecule has 0 saturated carbocycles. The van der Waals surface area contributed by atoms with E-state index < -0.39 is 31.1 Å². The number of nitrogens with zero attached hydrogens (tertiary/aromatic N) is 4. The molecule has 1 fully saturated rings. The minimum absolute atomic E-state index is 0.207. The zero-order chi connectivity index (χ0) is 16.3. The molecule has 8 N–H and O–H groups in total. The summed E-state index contributed by atoms with van der Waals surface area (Å²) in [4.78, 5) is 8.12. The maximum absolute atomic E-state index is 10.3. The van der Waals surface area contributed by atoms with Crippen LogP contribution in [0.3, 0.4) is 0 Å². The van der Waals surface area contributed by atoms with Gasteiger partial charge in [0, 0.05) is 0 Å². The van der Waals surface area contributed by atoms with Crippen LogP contribution in [0.2, 0.25) is 0 Å². The van der Waals surface area contributed by atoms with Crippen molar-refractivity contribution in [3.8, 4) is 0 Å². The van der Waals surface area contributed by atoms with Gasteiger partial charge in [-0.1, -0.05) is 0 Å². The predicted molar refractivity (Wildman–Crippen MR) is 79.0 cm³/mol. The molecule has 4 atom stereocenters. The Labute approximate surface area is 128 Å². The summed E-state index contributed by atoms with van der Waals surface area (Å²) in [6.07, 6.45) is -3.17. The van der Waals surface area contributed by atoms with Gasteiger partial charge in [-0.2, -0.15) is 5.10 Å². The fourth-order valence-corrected chi connectivity index (χ4v) is 3.01. The number of H-pyrrole nitrogens is 1. The third kappa shape index (κ3) is 1.75. The smallest absolute Gasteiger partial charge is 0.168 e. The van der Waals surface area contributed by atoms with Crippen LogP contribution in [-0.4, -0.2) is 65.0 Å². The van der Waals surface area contributed by atoms with Gasteiger partial charge in [0.15, 0.2) is 11.9 Å². The third-order valence-electron chi connectivity index (χ3n) is 4.11. The molecule has 4 heterocycles. The lowest BCUT2D eigenvalue weighted by molar-refractivity contribution is -0.0492. The highest BCUT2D eigenvalue weighted by atomic mass is 16.6. The first kappa shape index (κ1) is 14.1. The van der Waals surface area contributed by atoms with Crippen molar-refractivity contribution in [1.29, 1.82) is 0 Å². The number of aliphatic hydroxyl groups excluding tert-OH is 3. The zero-order valence-corrected chi connectivity index (χ0v) is 11.8. The number of anilines is 2. The summed E-state index contributed by atoms with van der Waals surface area (Å²) in [6, 6.07) is 0. The maximum Gasteiger partial charge on any atom is 0.168 e. The van der Waals surface area contributed by atoms with Crippen LogP contribution in [0.1, 0.15) is 6.23 Å². The van der Waals surface area contributed by atoms with Crippen molar-refractivity contribution >= 4 is 33.7 Å². The Balaban J connectivity index is 2.01. The quantitative estimate of drug-likeness (QED) is 0.313. The predicted octanol–water partition coefficient (Wildman–Crippen LogP) is -1.92. The SMILES string of the molecule is Nc1ncnc2c1c1c(N)[nH]nc1n2[C@@H]1O[C@H](CO)[C@@H](O)[C@H]1O. The molecule has 1 aliphatic heterocycles. The first-order valence-corrected chi connectivity index (χ1v) is 6.91. The molecule has 3 aromatic rings. The molecule has 0 aromatic carbocycles. The second kappa shape index (κ2) is 4.76. The summed E-state index contributed by atoms with van der Waals surface area (Å²) >= 11 is 0. The van der Waals surface area contributed by atoms with Crippen molar-refractivity contribution in [3.05, 3.63) is 6.33 Å². The second-order valence-electron chi connectivity index (χ2n) is 5.39. The summed E-state index contributed by atoms with van der Waals surface area (Å²) in [5, 5.41) is 37.2. The molecule has 3 aromatic heterocycles. The Morgan fingerprint density at radius 1 is 1.17 bits per heavy atom. The fourth-order valence-electron chi connectivity index (χ4n) is 3.01. The summed E-state index contributed by atoms with van der Waals surface area (Å²) in [5.74, 6) is 0.482. The summed E-state index contributed by atoms with van der Waals surface area (Å²) in [7, 11) is 0. The number of aliphatic hydroxyl groups is 3.